The molecule has 1 fully saturated rings. The maximum atomic E-state index is 12.3. The van der Waals surface area contributed by atoms with Crippen LogP contribution in [0, 0.1) is 13.8 Å². The minimum absolute atomic E-state index is 0.0401. The largest absolute Gasteiger partial charge is 0.480 e. The van der Waals surface area contributed by atoms with E-state index in [-0.39, 0.29) is 5.91 Å². The van der Waals surface area contributed by atoms with Crippen LogP contribution < -0.4 is 10.1 Å². The number of hydrogen-bond donors (Lipinski definition) is 1. The number of amides is 1. The van der Waals surface area contributed by atoms with Gasteiger partial charge in [0.15, 0.2) is 6.10 Å². The Morgan fingerprint density at radius 3 is 2.78 bits per heavy atom. The molecule has 1 aromatic carbocycles. The van der Waals surface area contributed by atoms with Crippen LogP contribution in [0.25, 0.3) is 0 Å². The summed E-state index contributed by atoms with van der Waals surface area (Å²) in [6.07, 6.45) is 0.205. The first-order valence-corrected chi connectivity index (χ1v) is 8.42. The van der Waals surface area contributed by atoms with E-state index in [4.69, 9.17) is 9.47 Å². The number of aryl methyl sites for hydroxylation is 2. The fourth-order valence-electron chi connectivity index (χ4n) is 2.59. The van der Waals surface area contributed by atoms with Gasteiger partial charge in [0.05, 0.1) is 13.2 Å². The second-order valence-corrected chi connectivity index (χ2v) is 6.03. The zero-order valence-corrected chi connectivity index (χ0v) is 14.4. The number of carbonyl (C=O) groups is 1. The normalized spacial score (nSPS) is 16.8. The summed E-state index contributed by atoms with van der Waals surface area (Å²) in [6.45, 7) is 10.9. The lowest BCUT2D eigenvalue weighted by atomic mass is 10.1. The summed E-state index contributed by atoms with van der Waals surface area (Å²) >= 11 is 0. The maximum Gasteiger partial charge on any atom is 0.261 e. The Kier molecular flexibility index (Phi) is 6.86. The third kappa shape index (κ3) is 5.52. The highest BCUT2D eigenvalue weighted by atomic mass is 16.5. The standard InChI is InChI=1S/C18H28N2O3/c1-4-16(23-17-13-14(2)5-6-15(17)3)18(21)19-7-8-20-9-11-22-12-10-20/h5-6,13,16H,4,7-12H2,1-3H3,(H,19,21)/t16-/m0/s1. The Morgan fingerprint density at radius 2 is 2.09 bits per heavy atom. The highest BCUT2D eigenvalue weighted by Crippen LogP contribution is 2.21. The minimum atomic E-state index is -0.444. The molecule has 1 aromatic rings. The van der Waals surface area contributed by atoms with E-state index in [9.17, 15) is 4.79 Å². The van der Waals surface area contributed by atoms with Crippen molar-refractivity contribution in [2.75, 3.05) is 39.4 Å². The molecule has 1 aliphatic heterocycles. The Labute approximate surface area is 139 Å². The molecule has 0 aromatic heterocycles. The second kappa shape index (κ2) is 8.89. The number of rotatable bonds is 7. The fourth-order valence-corrected chi connectivity index (χ4v) is 2.59. The van der Waals surface area contributed by atoms with E-state index < -0.39 is 6.10 Å². The van der Waals surface area contributed by atoms with E-state index in [2.05, 4.69) is 10.2 Å². The third-order valence-corrected chi connectivity index (χ3v) is 4.11. The first-order valence-electron chi connectivity index (χ1n) is 8.42. The van der Waals surface area contributed by atoms with Crippen molar-refractivity contribution in [3.8, 4) is 5.75 Å². The Bertz CT molecular complexity index is 513. The Balaban J connectivity index is 1.82. The van der Waals surface area contributed by atoms with Crippen LogP contribution in [0.5, 0.6) is 5.75 Å². The zero-order chi connectivity index (χ0) is 16.7. The highest BCUT2D eigenvalue weighted by Gasteiger charge is 2.19. The van der Waals surface area contributed by atoms with Crippen LogP contribution in [0.15, 0.2) is 18.2 Å². The fraction of sp³-hybridized carbons (Fsp3) is 0.611. The minimum Gasteiger partial charge on any atom is -0.480 e. The van der Waals surface area contributed by atoms with Crippen LogP contribution in [0.1, 0.15) is 24.5 Å². The molecule has 5 nitrogen and oxygen atoms in total. The predicted octanol–water partition coefficient (Wildman–Crippen LogP) is 1.91. The summed E-state index contributed by atoms with van der Waals surface area (Å²) in [6, 6.07) is 6.05. The summed E-state index contributed by atoms with van der Waals surface area (Å²) in [5.41, 5.74) is 2.18. The van der Waals surface area contributed by atoms with Gasteiger partial charge in [-0.1, -0.05) is 19.1 Å². The van der Waals surface area contributed by atoms with Crippen LogP contribution in [0.4, 0.5) is 0 Å². The molecule has 5 heteroatoms. The molecule has 1 atom stereocenters. The van der Waals surface area contributed by atoms with Crippen molar-refractivity contribution in [3.63, 3.8) is 0 Å². The molecular formula is C18H28N2O3. The first-order chi connectivity index (χ1) is 11.1. The lowest BCUT2D eigenvalue weighted by molar-refractivity contribution is -0.128. The maximum absolute atomic E-state index is 12.3. The monoisotopic (exact) mass is 320 g/mol. The van der Waals surface area contributed by atoms with Crippen LogP contribution in [-0.4, -0.2) is 56.3 Å². The number of carbonyl (C=O) groups excluding carboxylic acids is 1. The number of ether oxygens (including phenoxy) is 2. The van der Waals surface area contributed by atoms with Crippen molar-refractivity contribution in [2.24, 2.45) is 0 Å². The molecule has 0 radical (unpaired) electrons. The van der Waals surface area contributed by atoms with Crippen molar-refractivity contribution in [2.45, 2.75) is 33.3 Å². The van der Waals surface area contributed by atoms with E-state index in [0.717, 1.165) is 49.7 Å². The van der Waals surface area contributed by atoms with Crippen molar-refractivity contribution >= 4 is 5.91 Å². The number of nitrogens with zero attached hydrogens (tertiary/aromatic N) is 1. The van der Waals surface area contributed by atoms with Crippen LogP contribution in [0.2, 0.25) is 0 Å². The number of nitrogens with one attached hydrogen (secondary N) is 1. The van der Waals surface area contributed by atoms with Gasteiger partial charge in [-0.3, -0.25) is 9.69 Å². The first kappa shape index (κ1) is 17.8. The smallest absolute Gasteiger partial charge is 0.261 e. The van der Waals surface area contributed by atoms with Gasteiger partial charge < -0.3 is 14.8 Å². The van der Waals surface area contributed by atoms with Gasteiger partial charge >= 0.3 is 0 Å². The predicted molar refractivity (Wildman–Crippen MR) is 90.9 cm³/mol. The van der Waals surface area contributed by atoms with E-state index in [0.29, 0.717) is 13.0 Å². The topological polar surface area (TPSA) is 50.8 Å². The number of benzene rings is 1. The molecule has 1 aliphatic rings. The van der Waals surface area contributed by atoms with Crippen molar-refractivity contribution < 1.29 is 14.3 Å². The van der Waals surface area contributed by atoms with Crippen LogP contribution in [0.3, 0.4) is 0 Å². The van der Waals surface area contributed by atoms with Gasteiger partial charge in [0, 0.05) is 26.2 Å². The van der Waals surface area contributed by atoms with E-state index in [1.54, 1.807) is 0 Å². The quantitative estimate of drug-likeness (QED) is 0.834. The molecule has 128 valence electrons. The van der Waals surface area contributed by atoms with E-state index >= 15 is 0 Å². The molecule has 1 amide bonds. The van der Waals surface area contributed by atoms with Crippen LogP contribution >= 0.6 is 0 Å². The molecule has 1 heterocycles. The molecule has 0 saturated carbocycles. The van der Waals surface area contributed by atoms with Gasteiger partial charge in [0.1, 0.15) is 5.75 Å². The van der Waals surface area contributed by atoms with Gasteiger partial charge in [-0.25, -0.2) is 0 Å². The molecule has 23 heavy (non-hydrogen) atoms. The summed E-state index contributed by atoms with van der Waals surface area (Å²) in [5.74, 6) is 0.752. The van der Waals surface area contributed by atoms with Gasteiger partial charge in [-0.15, -0.1) is 0 Å². The van der Waals surface area contributed by atoms with Crippen molar-refractivity contribution in [3.05, 3.63) is 29.3 Å². The van der Waals surface area contributed by atoms with Gasteiger partial charge in [-0.05, 0) is 37.5 Å². The summed E-state index contributed by atoms with van der Waals surface area (Å²) < 4.78 is 11.3. The molecule has 1 N–H and O–H groups in total. The third-order valence-electron chi connectivity index (χ3n) is 4.11. The molecule has 0 bridgehead atoms. The molecular weight excluding hydrogens is 292 g/mol. The zero-order valence-electron chi connectivity index (χ0n) is 14.4. The second-order valence-electron chi connectivity index (χ2n) is 6.03. The van der Waals surface area contributed by atoms with Crippen molar-refractivity contribution in [1.82, 2.24) is 10.2 Å². The molecule has 0 aliphatic carbocycles. The summed E-state index contributed by atoms with van der Waals surface area (Å²) in [5, 5.41) is 2.99. The molecule has 1 saturated heterocycles. The van der Waals surface area contributed by atoms with E-state index in [1.807, 2.05) is 39.0 Å². The average Bonchev–Trinajstić information content (AvgIpc) is 2.56. The Hall–Kier alpha value is -1.59. The number of hydrogen-bond acceptors (Lipinski definition) is 4. The van der Waals surface area contributed by atoms with E-state index in [1.165, 1.54) is 0 Å². The molecule has 0 unspecified atom stereocenters. The lowest BCUT2D eigenvalue weighted by Crippen LogP contribution is -2.44. The SMILES string of the molecule is CC[C@H](Oc1cc(C)ccc1C)C(=O)NCCN1CCOCC1. The summed E-state index contributed by atoms with van der Waals surface area (Å²) in [7, 11) is 0. The van der Waals surface area contributed by atoms with Gasteiger partial charge in [0.2, 0.25) is 0 Å². The highest BCUT2D eigenvalue weighted by molar-refractivity contribution is 5.81. The van der Waals surface area contributed by atoms with Gasteiger partial charge in [-0.2, -0.15) is 0 Å². The van der Waals surface area contributed by atoms with Crippen molar-refractivity contribution in [1.29, 1.82) is 0 Å². The number of morpholine rings is 1. The lowest BCUT2D eigenvalue weighted by Gasteiger charge is -2.27. The summed E-state index contributed by atoms with van der Waals surface area (Å²) in [4.78, 5) is 14.6. The average molecular weight is 320 g/mol. The Morgan fingerprint density at radius 1 is 1.35 bits per heavy atom. The molecule has 2 rings (SSSR count). The van der Waals surface area contributed by atoms with Gasteiger partial charge in [0.25, 0.3) is 5.91 Å². The molecule has 0 spiro atoms. The van der Waals surface area contributed by atoms with Crippen LogP contribution in [-0.2, 0) is 9.53 Å².